The maximum Gasteiger partial charge on any atom is 0.289 e. The van der Waals surface area contributed by atoms with Crippen LogP contribution >= 0.6 is 0 Å². The van der Waals surface area contributed by atoms with Gasteiger partial charge in [-0.05, 0) is 56.0 Å². The Bertz CT molecular complexity index is 699. The molecule has 132 valence electrons. The van der Waals surface area contributed by atoms with Crippen LogP contribution in [0.2, 0.25) is 0 Å². The summed E-state index contributed by atoms with van der Waals surface area (Å²) in [6, 6.07) is 11.4. The molecule has 0 unspecified atom stereocenters. The van der Waals surface area contributed by atoms with Crippen LogP contribution in [0.25, 0.3) is 0 Å². The third-order valence-electron chi connectivity index (χ3n) is 5.39. The van der Waals surface area contributed by atoms with Gasteiger partial charge in [0.25, 0.3) is 5.91 Å². The highest BCUT2D eigenvalue weighted by Gasteiger charge is 2.32. The second kappa shape index (κ2) is 7.31. The summed E-state index contributed by atoms with van der Waals surface area (Å²) in [5.41, 5.74) is 0.806. The second-order valence-corrected chi connectivity index (χ2v) is 6.92. The average Bonchev–Trinajstić information content (AvgIpc) is 3.26. The van der Waals surface area contributed by atoms with Crippen molar-refractivity contribution in [3.05, 3.63) is 54.0 Å². The summed E-state index contributed by atoms with van der Waals surface area (Å²) in [6.07, 6.45) is 3.72. The largest absolute Gasteiger partial charge is 0.489 e. The highest BCUT2D eigenvalue weighted by Crippen LogP contribution is 2.28. The topological polar surface area (TPSA) is 54.7 Å². The number of ether oxygens (including phenoxy) is 1. The zero-order chi connectivity index (χ0) is 17.1. The van der Waals surface area contributed by atoms with Crippen LogP contribution in [0.5, 0.6) is 5.75 Å². The van der Waals surface area contributed by atoms with E-state index in [2.05, 4.69) is 5.32 Å². The third-order valence-corrected chi connectivity index (χ3v) is 5.39. The lowest BCUT2D eigenvalue weighted by Gasteiger charge is -2.20. The minimum atomic E-state index is -0.00963. The van der Waals surface area contributed by atoms with Gasteiger partial charge in [-0.1, -0.05) is 18.2 Å². The van der Waals surface area contributed by atoms with Crippen molar-refractivity contribution in [2.24, 2.45) is 11.8 Å². The van der Waals surface area contributed by atoms with Crippen molar-refractivity contribution >= 4 is 5.91 Å². The number of amides is 1. The van der Waals surface area contributed by atoms with Gasteiger partial charge < -0.3 is 19.4 Å². The van der Waals surface area contributed by atoms with Gasteiger partial charge in [0.05, 0.1) is 6.26 Å². The molecule has 3 heterocycles. The van der Waals surface area contributed by atoms with Crippen LogP contribution in [-0.4, -0.2) is 37.0 Å². The number of para-hydroxylation sites is 1. The smallest absolute Gasteiger partial charge is 0.289 e. The molecule has 1 N–H and O–H groups in total. The van der Waals surface area contributed by atoms with Crippen LogP contribution in [0, 0.1) is 11.8 Å². The minimum Gasteiger partial charge on any atom is -0.489 e. The monoisotopic (exact) mass is 340 g/mol. The number of rotatable bonds is 4. The molecular formula is C20H24N2O3. The van der Waals surface area contributed by atoms with E-state index >= 15 is 0 Å². The van der Waals surface area contributed by atoms with Gasteiger partial charge in [0.15, 0.2) is 5.76 Å². The van der Waals surface area contributed by atoms with Crippen LogP contribution in [0.3, 0.4) is 0 Å². The summed E-state index contributed by atoms with van der Waals surface area (Å²) < 4.78 is 11.3. The van der Waals surface area contributed by atoms with E-state index in [9.17, 15) is 4.79 Å². The van der Waals surface area contributed by atoms with Crippen molar-refractivity contribution in [1.29, 1.82) is 0 Å². The van der Waals surface area contributed by atoms with Crippen LogP contribution in [0.1, 0.15) is 29.0 Å². The van der Waals surface area contributed by atoms with Crippen molar-refractivity contribution < 1.29 is 13.9 Å². The summed E-state index contributed by atoms with van der Waals surface area (Å²) in [6.45, 7) is 4.13. The highest BCUT2D eigenvalue weighted by atomic mass is 16.5. The summed E-state index contributed by atoms with van der Waals surface area (Å²) in [7, 11) is 0. The Morgan fingerprint density at radius 1 is 1.12 bits per heavy atom. The fourth-order valence-electron chi connectivity index (χ4n) is 3.88. The molecule has 2 saturated heterocycles. The normalized spacial score (nSPS) is 23.1. The maximum absolute atomic E-state index is 12.9. The van der Waals surface area contributed by atoms with Gasteiger partial charge in [0.1, 0.15) is 12.4 Å². The molecule has 25 heavy (non-hydrogen) atoms. The van der Waals surface area contributed by atoms with Crippen LogP contribution in [0.4, 0.5) is 0 Å². The number of carbonyl (C=O) groups is 1. The molecule has 2 aliphatic heterocycles. The summed E-state index contributed by atoms with van der Waals surface area (Å²) in [5, 5.41) is 3.47. The molecule has 0 bridgehead atoms. The predicted molar refractivity (Wildman–Crippen MR) is 94.5 cm³/mol. The van der Waals surface area contributed by atoms with Crippen molar-refractivity contribution in [1.82, 2.24) is 10.2 Å². The van der Waals surface area contributed by atoms with Crippen molar-refractivity contribution in [2.45, 2.75) is 19.4 Å². The molecule has 2 fully saturated rings. The lowest BCUT2D eigenvalue weighted by atomic mass is 9.92. The molecule has 2 aromatic rings. The van der Waals surface area contributed by atoms with E-state index in [1.165, 1.54) is 0 Å². The van der Waals surface area contributed by atoms with Crippen molar-refractivity contribution in [2.75, 3.05) is 26.2 Å². The first-order valence-electron chi connectivity index (χ1n) is 9.05. The number of nitrogens with one attached hydrogen (secondary N) is 1. The van der Waals surface area contributed by atoms with Crippen molar-refractivity contribution in [3.63, 3.8) is 0 Å². The fraction of sp³-hybridized carbons (Fsp3) is 0.450. The SMILES string of the molecule is O=C(c1occc1COc1ccccc1)N1CC[C@@H]2CNC[C@@H]2CC1. The van der Waals surface area contributed by atoms with Gasteiger partial charge in [-0.2, -0.15) is 0 Å². The van der Waals surface area contributed by atoms with E-state index in [1.54, 1.807) is 6.26 Å². The number of carbonyl (C=O) groups excluding carboxylic acids is 1. The number of furan rings is 1. The first-order chi connectivity index (χ1) is 12.3. The molecule has 2 aliphatic rings. The molecule has 0 spiro atoms. The van der Waals surface area contributed by atoms with Gasteiger partial charge >= 0.3 is 0 Å². The summed E-state index contributed by atoms with van der Waals surface area (Å²) in [4.78, 5) is 14.9. The molecule has 0 aliphatic carbocycles. The van der Waals surface area contributed by atoms with Crippen molar-refractivity contribution in [3.8, 4) is 5.75 Å². The molecule has 1 amide bonds. The molecule has 1 aromatic carbocycles. The van der Waals surface area contributed by atoms with Gasteiger partial charge in [0.2, 0.25) is 0 Å². The number of likely N-dealkylation sites (tertiary alicyclic amines) is 1. The van der Waals surface area contributed by atoms with E-state index in [0.717, 1.165) is 50.3 Å². The van der Waals surface area contributed by atoms with Gasteiger partial charge in [-0.15, -0.1) is 0 Å². The van der Waals surface area contributed by atoms with Crippen LogP contribution < -0.4 is 10.1 Å². The molecule has 2 atom stereocenters. The van der Waals surface area contributed by atoms with Crippen LogP contribution in [0.15, 0.2) is 47.1 Å². The predicted octanol–water partition coefficient (Wildman–Crippen LogP) is 2.93. The van der Waals surface area contributed by atoms with E-state index in [-0.39, 0.29) is 5.91 Å². The Morgan fingerprint density at radius 3 is 2.56 bits per heavy atom. The molecule has 0 radical (unpaired) electrons. The number of nitrogens with zero attached hydrogens (tertiary/aromatic N) is 1. The molecular weight excluding hydrogens is 316 g/mol. The molecule has 0 saturated carbocycles. The minimum absolute atomic E-state index is 0.00963. The van der Waals surface area contributed by atoms with E-state index in [4.69, 9.17) is 9.15 Å². The first kappa shape index (κ1) is 16.2. The Labute approximate surface area is 148 Å². The zero-order valence-electron chi connectivity index (χ0n) is 14.3. The van der Waals surface area contributed by atoms with Gasteiger partial charge in [0, 0.05) is 18.7 Å². The molecule has 5 heteroatoms. The van der Waals surface area contributed by atoms with E-state index in [0.29, 0.717) is 24.2 Å². The number of hydrogen-bond acceptors (Lipinski definition) is 4. The Morgan fingerprint density at radius 2 is 1.84 bits per heavy atom. The Balaban J connectivity index is 1.41. The second-order valence-electron chi connectivity index (χ2n) is 6.92. The highest BCUT2D eigenvalue weighted by molar-refractivity contribution is 5.93. The Kier molecular flexibility index (Phi) is 4.74. The maximum atomic E-state index is 12.9. The molecule has 5 nitrogen and oxygen atoms in total. The van der Waals surface area contributed by atoms with E-state index < -0.39 is 0 Å². The lowest BCUT2D eigenvalue weighted by Crippen LogP contribution is -2.33. The molecule has 1 aromatic heterocycles. The summed E-state index contributed by atoms with van der Waals surface area (Å²) >= 11 is 0. The Hall–Kier alpha value is -2.27. The zero-order valence-corrected chi connectivity index (χ0v) is 14.3. The van der Waals surface area contributed by atoms with E-state index in [1.807, 2.05) is 41.3 Å². The average molecular weight is 340 g/mol. The lowest BCUT2D eigenvalue weighted by molar-refractivity contribution is 0.0722. The molecule has 4 rings (SSSR count). The van der Waals surface area contributed by atoms with Gasteiger partial charge in [-0.25, -0.2) is 0 Å². The first-order valence-corrected chi connectivity index (χ1v) is 9.05. The summed E-state index contributed by atoms with van der Waals surface area (Å²) in [5.74, 6) is 2.61. The quantitative estimate of drug-likeness (QED) is 0.930. The van der Waals surface area contributed by atoms with Crippen LogP contribution in [-0.2, 0) is 6.61 Å². The number of hydrogen-bond donors (Lipinski definition) is 1. The number of fused-ring (bicyclic) bond motifs is 1. The number of benzene rings is 1. The third kappa shape index (κ3) is 3.56. The standard InChI is InChI=1S/C20H24N2O3/c23-20(22-9-6-15-12-21-13-16(15)7-10-22)19-17(8-11-24-19)14-25-18-4-2-1-3-5-18/h1-5,8,11,15-16,21H,6-7,9-10,12-14H2/t15-,16+. The fourth-order valence-corrected chi connectivity index (χ4v) is 3.88. The van der Waals surface area contributed by atoms with Gasteiger partial charge in [-0.3, -0.25) is 4.79 Å².